The fourth-order valence-electron chi connectivity index (χ4n) is 1.80. The largest absolute Gasteiger partial charge is 0.480 e. The maximum atomic E-state index is 11.9. The Balaban J connectivity index is 1.78. The predicted octanol–water partition coefficient (Wildman–Crippen LogP) is 1.00. The van der Waals surface area contributed by atoms with Crippen LogP contribution < -0.4 is 5.32 Å². The quantitative estimate of drug-likeness (QED) is 0.811. The van der Waals surface area contributed by atoms with E-state index >= 15 is 0 Å². The van der Waals surface area contributed by atoms with Crippen LogP contribution in [0, 0.1) is 0 Å². The van der Waals surface area contributed by atoms with Crippen molar-refractivity contribution in [1.29, 1.82) is 0 Å². The van der Waals surface area contributed by atoms with Crippen molar-refractivity contribution < 1.29 is 14.7 Å². The SMILES string of the molecule is O=C(O)C1CSCN1C(=O)NCC1CSCCS1. The van der Waals surface area contributed by atoms with Crippen molar-refractivity contribution in [1.82, 2.24) is 10.2 Å². The molecule has 2 unspecified atom stereocenters. The summed E-state index contributed by atoms with van der Waals surface area (Å²) in [5.74, 6) is 3.40. The second-order valence-corrected chi connectivity index (χ2v) is 7.64. The number of nitrogens with one attached hydrogen (secondary N) is 1. The number of carboxylic acids is 1. The maximum absolute atomic E-state index is 11.9. The summed E-state index contributed by atoms with van der Waals surface area (Å²) in [7, 11) is 0. The van der Waals surface area contributed by atoms with Crippen molar-refractivity contribution in [2.45, 2.75) is 11.3 Å². The van der Waals surface area contributed by atoms with E-state index in [9.17, 15) is 9.59 Å². The number of urea groups is 1. The van der Waals surface area contributed by atoms with Crippen LogP contribution in [0.2, 0.25) is 0 Å². The topological polar surface area (TPSA) is 69.6 Å². The zero-order chi connectivity index (χ0) is 13.0. The number of carbonyl (C=O) groups excluding carboxylic acids is 1. The molecule has 2 amide bonds. The minimum atomic E-state index is -0.919. The smallest absolute Gasteiger partial charge is 0.327 e. The first-order chi connectivity index (χ1) is 8.68. The second-order valence-electron chi connectivity index (χ2n) is 4.08. The van der Waals surface area contributed by atoms with Crippen LogP contribution in [0.4, 0.5) is 4.79 Å². The van der Waals surface area contributed by atoms with Crippen molar-refractivity contribution in [2.24, 2.45) is 0 Å². The van der Waals surface area contributed by atoms with Crippen LogP contribution >= 0.6 is 35.3 Å². The van der Waals surface area contributed by atoms with Crippen LogP contribution in [0.15, 0.2) is 0 Å². The molecule has 2 rings (SSSR count). The minimum absolute atomic E-state index is 0.247. The summed E-state index contributed by atoms with van der Waals surface area (Å²) in [5, 5.41) is 12.3. The van der Waals surface area contributed by atoms with E-state index in [0.29, 0.717) is 23.4 Å². The predicted molar refractivity (Wildman–Crippen MR) is 77.6 cm³/mol. The van der Waals surface area contributed by atoms with Crippen LogP contribution in [-0.4, -0.2) is 68.7 Å². The molecule has 0 aromatic rings. The van der Waals surface area contributed by atoms with Gasteiger partial charge >= 0.3 is 12.0 Å². The molecule has 2 fully saturated rings. The Kier molecular flexibility index (Phi) is 5.38. The van der Waals surface area contributed by atoms with E-state index < -0.39 is 12.0 Å². The third kappa shape index (κ3) is 3.64. The number of nitrogens with zero attached hydrogens (tertiary/aromatic N) is 1. The Hall–Kier alpha value is -0.210. The summed E-state index contributed by atoms with van der Waals surface area (Å²) >= 11 is 5.27. The van der Waals surface area contributed by atoms with Crippen molar-refractivity contribution in [3.63, 3.8) is 0 Å². The third-order valence-corrected chi connectivity index (χ3v) is 6.65. The van der Waals surface area contributed by atoms with Gasteiger partial charge in [-0.1, -0.05) is 0 Å². The lowest BCUT2D eigenvalue weighted by Gasteiger charge is -2.24. The van der Waals surface area contributed by atoms with Crippen LogP contribution in [0.5, 0.6) is 0 Å². The average Bonchev–Trinajstić information content (AvgIpc) is 2.86. The Morgan fingerprint density at radius 2 is 2.11 bits per heavy atom. The number of aliphatic carboxylic acids is 1. The fraction of sp³-hybridized carbons (Fsp3) is 0.800. The fourth-order valence-corrected chi connectivity index (χ4v) is 5.56. The molecule has 0 aromatic carbocycles. The van der Waals surface area contributed by atoms with Gasteiger partial charge in [0.05, 0.1) is 5.88 Å². The first-order valence-corrected chi connectivity index (χ1v) is 9.08. The van der Waals surface area contributed by atoms with Crippen molar-refractivity contribution in [3.05, 3.63) is 0 Å². The molecule has 2 heterocycles. The van der Waals surface area contributed by atoms with Gasteiger partial charge in [-0.15, -0.1) is 11.8 Å². The van der Waals surface area contributed by atoms with Gasteiger partial charge in [-0.3, -0.25) is 0 Å². The average molecular weight is 308 g/mol. The molecule has 0 aliphatic carbocycles. The van der Waals surface area contributed by atoms with Crippen LogP contribution in [0.1, 0.15) is 0 Å². The number of amides is 2. The molecular weight excluding hydrogens is 292 g/mol. The van der Waals surface area contributed by atoms with E-state index in [1.54, 1.807) is 0 Å². The summed E-state index contributed by atoms with van der Waals surface area (Å²) in [6.07, 6.45) is 0. The molecule has 0 spiro atoms. The van der Waals surface area contributed by atoms with Gasteiger partial charge in [0, 0.05) is 34.8 Å². The number of hydrogen-bond donors (Lipinski definition) is 2. The summed E-state index contributed by atoms with van der Waals surface area (Å²) in [5.41, 5.74) is 0. The van der Waals surface area contributed by atoms with Gasteiger partial charge in [0.15, 0.2) is 0 Å². The van der Waals surface area contributed by atoms with Gasteiger partial charge in [-0.2, -0.15) is 23.5 Å². The Labute approximate surface area is 119 Å². The molecule has 0 bridgehead atoms. The summed E-state index contributed by atoms with van der Waals surface area (Å²) < 4.78 is 0. The molecule has 0 radical (unpaired) electrons. The Morgan fingerprint density at radius 3 is 2.78 bits per heavy atom. The molecular formula is C10H16N2O3S3. The molecule has 0 saturated carbocycles. The molecule has 0 aromatic heterocycles. The van der Waals surface area contributed by atoms with Gasteiger partial charge in [-0.25, -0.2) is 9.59 Å². The van der Waals surface area contributed by atoms with Gasteiger partial charge < -0.3 is 15.3 Å². The highest BCUT2D eigenvalue weighted by molar-refractivity contribution is 8.06. The van der Waals surface area contributed by atoms with Gasteiger partial charge in [0.2, 0.25) is 0 Å². The van der Waals surface area contributed by atoms with E-state index in [0.717, 1.165) is 11.5 Å². The van der Waals surface area contributed by atoms with E-state index in [-0.39, 0.29) is 6.03 Å². The molecule has 5 nitrogen and oxygen atoms in total. The minimum Gasteiger partial charge on any atom is -0.480 e. The number of carbonyl (C=O) groups is 2. The van der Waals surface area contributed by atoms with Crippen molar-refractivity contribution >= 4 is 47.3 Å². The molecule has 2 atom stereocenters. The van der Waals surface area contributed by atoms with Gasteiger partial charge in [0.1, 0.15) is 6.04 Å². The van der Waals surface area contributed by atoms with Crippen molar-refractivity contribution in [3.8, 4) is 0 Å². The van der Waals surface area contributed by atoms with Gasteiger partial charge in [0.25, 0.3) is 0 Å². The Bertz CT molecular complexity index is 323. The molecule has 2 N–H and O–H groups in total. The normalized spacial score (nSPS) is 28.1. The standard InChI is InChI=1S/C10H16N2O3S3/c13-9(14)8-5-17-6-12(8)10(15)11-3-7-4-16-1-2-18-7/h7-8H,1-6H2,(H,11,15)(H,13,14). The lowest BCUT2D eigenvalue weighted by Crippen LogP contribution is -2.48. The summed E-state index contributed by atoms with van der Waals surface area (Å²) in [6.45, 7) is 0.629. The lowest BCUT2D eigenvalue weighted by atomic mass is 10.3. The maximum Gasteiger partial charge on any atom is 0.327 e. The number of carboxylic acid groups (broad SMARTS) is 1. The van der Waals surface area contributed by atoms with E-state index in [4.69, 9.17) is 5.11 Å². The van der Waals surface area contributed by atoms with E-state index in [1.165, 1.54) is 22.4 Å². The van der Waals surface area contributed by atoms with Crippen LogP contribution in [0.3, 0.4) is 0 Å². The zero-order valence-electron chi connectivity index (χ0n) is 9.83. The second kappa shape index (κ2) is 6.81. The monoisotopic (exact) mass is 308 g/mol. The highest BCUT2D eigenvalue weighted by Gasteiger charge is 2.34. The van der Waals surface area contributed by atoms with Gasteiger partial charge in [-0.05, 0) is 0 Å². The molecule has 102 valence electrons. The summed E-state index contributed by atoms with van der Waals surface area (Å²) in [6, 6.07) is -0.924. The molecule has 2 saturated heterocycles. The number of thioether (sulfide) groups is 3. The Morgan fingerprint density at radius 1 is 1.28 bits per heavy atom. The first kappa shape index (κ1) is 14.2. The first-order valence-electron chi connectivity index (χ1n) is 5.73. The lowest BCUT2D eigenvalue weighted by molar-refractivity contribution is -0.140. The highest BCUT2D eigenvalue weighted by atomic mass is 32.2. The number of rotatable bonds is 3. The van der Waals surface area contributed by atoms with Crippen molar-refractivity contribution in [2.75, 3.05) is 35.4 Å². The summed E-state index contributed by atoms with van der Waals surface area (Å²) in [4.78, 5) is 24.3. The number of hydrogen-bond acceptors (Lipinski definition) is 5. The molecule has 8 heteroatoms. The van der Waals surface area contributed by atoms with Crippen LogP contribution in [-0.2, 0) is 4.79 Å². The van der Waals surface area contributed by atoms with E-state index in [2.05, 4.69) is 5.32 Å². The molecule has 18 heavy (non-hydrogen) atoms. The van der Waals surface area contributed by atoms with Crippen LogP contribution in [0.25, 0.3) is 0 Å². The zero-order valence-corrected chi connectivity index (χ0v) is 12.3. The van der Waals surface area contributed by atoms with E-state index in [1.807, 2.05) is 23.5 Å². The molecule has 2 aliphatic rings. The highest BCUT2D eigenvalue weighted by Crippen LogP contribution is 2.24. The third-order valence-electron chi connectivity index (χ3n) is 2.79. The molecule has 2 aliphatic heterocycles.